The topological polar surface area (TPSA) is 52.6 Å². The molecule has 146 valence electrons. The summed E-state index contributed by atoms with van der Waals surface area (Å²) in [6.07, 6.45) is 2.61. The highest BCUT2D eigenvalue weighted by Gasteiger charge is 2.43. The highest BCUT2D eigenvalue weighted by molar-refractivity contribution is 7.98. The first-order chi connectivity index (χ1) is 13.6. The Bertz CT molecular complexity index is 858. The molecule has 2 aliphatic heterocycles. The van der Waals surface area contributed by atoms with E-state index in [-0.39, 0.29) is 11.8 Å². The number of hydrogen-bond acceptors (Lipinski definition) is 4. The van der Waals surface area contributed by atoms with Crippen LogP contribution in [-0.4, -0.2) is 59.6 Å². The van der Waals surface area contributed by atoms with Gasteiger partial charge in [0.2, 0.25) is 11.8 Å². The van der Waals surface area contributed by atoms with Crippen LogP contribution in [0.15, 0.2) is 59.5 Å². The van der Waals surface area contributed by atoms with Crippen LogP contribution in [-0.2, 0) is 22.6 Å². The summed E-state index contributed by atoms with van der Waals surface area (Å²) < 4.78 is 0. The Kier molecular flexibility index (Phi) is 5.69. The van der Waals surface area contributed by atoms with Gasteiger partial charge in [-0.15, -0.1) is 11.8 Å². The smallest absolute Gasteiger partial charge is 0.246 e. The van der Waals surface area contributed by atoms with Crippen molar-refractivity contribution in [1.82, 2.24) is 15.1 Å². The standard InChI is InChI=1S/C22H25N3O2S/c1-28-18-9-5-8-17(12-18)14-24-10-11-25-20(15-24)21(26)23-19(22(25)27)13-16-6-3-2-4-7-16/h2-9,12,19-20H,10-11,13-15H2,1H3,(H,23,26)/t19-,20-/m1/s1. The number of fused-ring (bicyclic) bond motifs is 1. The minimum atomic E-state index is -0.462. The molecule has 28 heavy (non-hydrogen) atoms. The molecule has 1 N–H and O–H groups in total. The molecule has 2 heterocycles. The molecule has 0 bridgehead atoms. The van der Waals surface area contributed by atoms with Crippen LogP contribution in [0.25, 0.3) is 0 Å². The van der Waals surface area contributed by atoms with E-state index in [2.05, 4.69) is 40.7 Å². The van der Waals surface area contributed by atoms with Crippen LogP contribution in [0.5, 0.6) is 0 Å². The number of benzene rings is 2. The first-order valence-corrected chi connectivity index (χ1v) is 10.9. The van der Waals surface area contributed by atoms with Gasteiger partial charge in [-0.3, -0.25) is 14.5 Å². The zero-order valence-corrected chi connectivity index (χ0v) is 16.8. The van der Waals surface area contributed by atoms with E-state index in [4.69, 9.17) is 0 Å². The molecule has 0 aromatic heterocycles. The molecule has 2 amide bonds. The lowest BCUT2D eigenvalue weighted by Crippen LogP contribution is -2.69. The van der Waals surface area contributed by atoms with Crippen LogP contribution >= 0.6 is 11.8 Å². The third-order valence-corrected chi connectivity index (χ3v) is 6.21. The highest BCUT2D eigenvalue weighted by atomic mass is 32.2. The van der Waals surface area contributed by atoms with E-state index >= 15 is 0 Å². The zero-order chi connectivity index (χ0) is 19.5. The third kappa shape index (κ3) is 4.08. The Morgan fingerprint density at radius 1 is 1.04 bits per heavy atom. The number of carbonyl (C=O) groups excluding carboxylic acids is 2. The second-order valence-electron chi connectivity index (χ2n) is 7.38. The number of nitrogens with zero attached hydrogens (tertiary/aromatic N) is 2. The lowest BCUT2D eigenvalue weighted by atomic mass is 9.98. The molecule has 0 spiro atoms. The van der Waals surface area contributed by atoms with Crippen molar-refractivity contribution in [2.75, 3.05) is 25.9 Å². The maximum atomic E-state index is 12.9. The van der Waals surface area contributed by atoms with Crippen molar-refractivity contribution in [1.29, 1.82) is 0 Å². The summed E-state index contributed by atoms with van der Waals surface area (Å²) in [5.41, 5.74) is 2.30. The Balaban J connectivity index is 1.41. The molecule has 0 unspecified atom stereocenters. The van der Waals surface area contributed by atoms with Gasteiger partial charge in [0.25, 0.3) is 0 Å². The Morgan fingerprint density at radius 3 is 2.61 bits per heavy atom. The molecule has 6 heteroatoms. The molecule has 0 saturated carbocycles. The van der Waals surface area contributed by atoms with Gasteiger partial charge in [0.15, 0.2) is 0 Å². The van der Waals surface area contributed by atoms with E-state index in [0.29, 0.717) is 19.5 Å². The van der Waals surface area contributed by atoms with Crippen molar-refractivity contribution in [2.45, 2.75) is 29.9 Å². The fraction of sp³-hybridized carbons (Fsp3) is 0.364. The molecule has 4 rings (SSSR count). The van der Waals surface area contributed by atoms with Crippen LogP contribution in [0.4, 0.5) is 0 Å². The minimum absolute atomic E-state index is 0.0388. The number of piperazine rings is 2. The van der Waals surface area contributed by atoms with Crippen LogP contribution < -0.4 is 5.32 Å². The van der Waals surface area contributed by atoms with E-state index in [1.807, 2.05) is 30.3 Å². The van der Waals surface area contributed by atoms with Crippen molar-refractivity contribution in [2.24, 2.45) is 0 Å². The van der Waals surface area contributed by atoms with Crippen molar-refractivity contribution >= 4 is 23.6 Å². The lowest BCUT2D eigenvalue weighted by molar-refractivity contribution is -0.153. The van der Waals surface area contributed by atoms with Gasteiger partial charge in [-0.05, 0) is 29.5 Å². The summed E-state index contributed by atoms with van der Waals surface area (Å²) in [6.45, 7) is 2.77. The second-order valence-corrected chi connectivity index (χ2v) is 8.26. The van der Waals surface area contributed by atoms with Crippen molar-refractivity contribution in [3.63, 3.8) is 0 Å². The van der Waals surface area contributed by atoms with Crippen LogP contribution in [0.3, 0.4) is 0 Å². The molecule has 2 atom stereocenters. The van der Waals surface area contributed by atoms with Gasteiger partial charge < -0.3 is 10.2 Å². The van der Waals surface area contributed by atoms with Gasteiger partial charge in [0.1, 0.15) is 12.1 Å². The Hall–Kier alpha value is -2.31. The van der Waals surface area contributed by atoms with Crippen LogP contribution in [0, 0.1) is 0 Å². The Labute approximate surface area is 170 Å². The summed E-state index contributed by atoms with van der Waals surface area (Å²) >= 11 is 1.73. The second kappa shape index (κ2) is 8.37. The molecule has 2 aromatic carbocycles. The lowest BCUT2D eigenvalue weighted by Gasteiger charge is -2.45. The van der Waals surface area contributed by atoms with Gasteiger partial charge in [0, 0.05) is 37.5 Å². The fourth-order valence-corrected chi connectivity index (χ4v) is 4.50. The van der Waals surface area contributed by atoms with Crippen LogP contribution in [0.1, 0.15) is 11.1 Å². The molecule has 2 aliphatic rings. The number of amides is 2. The molecule has 2 aromatic rings. The third-order valence-electron chi connectivity index (χ3n) is 5.49. The van der Waals surface area contributed by atoms with Gasteiger partial charge in [0.05, 0.1) is 0 Å². The Morgan fingerprint density at radius 2 is 1.82 bits per heavy atom. The van der Waals surface area contributed by atoms with Crippen LogP contribution in [0.2, 0.25) is 0 Å². The number of carbonyl (C=O) groups is 2. The average Bonchev–Trinajstić information content (AvgIpc) is 2.73. The highest BCUT2D eigenvalue weighted by Crippen LogP contribution is 2.21. The molecule has 5 nitrogen and oxygen atoms in total. The summed E-state index contributed by atoms with van der Waals surface area (Å²) in [5, 5.41) is 2.96. The largest absolute Gasteiger partial charge is 0.342 e. The van der Waals surface area contributed by atoms with E-state index in [1.165, 1.54) is 10.5 Å². The molecule has 2 fully saturated rings. The zero-order valence-electron chi connectivity index (χ0n) is 16.0. The van der Waals surface area contributed by atoms with Gasteiger partial charge >= 0.3 is 0 Å². The molecule has 2 saturated heterocycles. The van der Waals surface area contributed by atoms with E-state index in [1.54, 1.807) is 16.7 Å². The fourth-order valence-electron chi connectivity index (χ4n) is 4.02. The van der Waals surface area contributed by atoms with E-state index in [9.17, 15) is 9.59 Å². The van der Waals surface area contributed by atoms with E-state index in [0.717, 1.165) is 18.7 Å². The number of rotatable bonds is 5. The minimum Gasteiger partial charge on any atom is -0.342 e. The number of hydrogen-bond donors (Lipinski definition) is 1. The number of nitrogens with one attached hydrogen (secondary N) is 1. The maximum Gasteiger partial charge on any atom is 0.246 e. The van der Waals surface area contributed by atoms with Crippen molar-refractivity contribution in [3.05, 3.63) is 65.7 Å². The van der Waals surface area contributed by atoms with Gasteiger partial charge in [-0.2, -0.15) is 0 Å². The first-order valence-electron chi connectivity index (χ1n) is 9.64. The molecular weight excluding hydrogens is 370 g/mol. The summed E-state index contributed by atoms with van der Waals surface area (Å²) in [6, 6.07) is 17.5. The van der Waals surface area contributed by atoms with E-state index < -0.39 is 12.1 Å². The monoisotopic (exact) mass is 395 g/mol. The maximum absolute atomic E-state index is 12.9. The summed E-state index contributed by atoms with van der Waals surface area (Å²) in [5.74, 6) is 0.000536. The summed E-state index contributed by atoms with van der Waals surface area (Å²) in [4.78, 5) is 31.0. The molecule has 0 aliphatic carbocycles. The average molecular weight is 396 g/mol. The quantitative estimate of drug-likeness (QED) is 0.789. The van der Waals surface area contributed by atoms with Crippen molar-refractivity contribution in [3.8, 4) is 0 Å². The SMILES string of the molecule is CSc1cccc(CN2CCN3C(=O)[C@@H](Cc4ccccc4)NC(=O)[C@H]3C2)c1. The number of thioether (sulfide) groups is 1. The molecule has 0 radical (unpaired) electrons. The normalized spacial score (nSPS) is 22.7. The molecular formula is C22H25N3O2S. The predicted molar refractivity (Wildman–Crippen MR) is 111 cm³/mol. The first kappa shape index (κ1) is 19.0. The van der Waals surface area contributed by atoms with Crippen molar-refractivity contribution < 1.29 is 9.59 Å². The predicted octanol–water partition coefficient (Wildman–Crippen LogP) is 2.16. The van der Waals surface area contributed by atoms with Gasteiger partial charge in [-0.1, -0.05) is 42.5 Å². The summed E-state index contributed by atoms with van der Waals surface area (Å²) in [7, 11) is 0. The van der Waals surface area contributed by atoms with Gasteiger partial charge in [-0.25, -0.2) is 0 Å².